The van der Waals surface area contributed by atoms with Gasteiger partial charge >= 0.3 is 0 Å². The Bertz CT molecular complexity index is 176. The Morgan fingerprint density at radius 3 is 2.43 bits per heavy atom. The van der Waals surface area contributed by atoms with E-state index in [1.165, 1.54) is 0 Å². The molecule has 0 aromatic heterocycles. The summed E-state index contributed by atoms with van der Waals surface area (Å²) in [6.45, 7) is 5.98. The first-order valence-electron chi connectivity index (χ1n) is 4.94. The van der Waals surface area contributed by atoms with Crippen molar-refractivity contribution in [2.75, 3.05) is 12.9 Å². The van der Waals surface area contributed by atoms with Crippen molar-refractivity contribution in [3.05, 3.63) is 0 Å². The molecule has 0 aromatic carbocycles. The highest BCUT2D eigenvalue weighted by atomic mass is 32.2. The van der Waals surface area contributed by atoms with Crippen molar-refractivity contribution < 1.29 is 9.90 Å². The van der Waals surface area contributed by atoms with Gasteiger partial charge in [0.15, 0.2) is 0 Å². The number of hydrogen-bond acceptors (Lipinski definition) is 3. The first kappa shape index (κ1) is 13.8. The molecule has 3 unspecified atom stereocenters. The van der Waals surface area contributed by atoms with Gasteiger partial charge in [0.25, 0.3) is 0 Å². The summed E-state index contributed by atoms with van der Waals surface area (Å²) in [6.07, 6.45) is 2.54. The number of hydrogen-bond donors (Lipinski definition) is 2. The van der Waals surface area contributed by atoms with Crippen molar-refractivity contribution >= 4 is 17.7 Å². The Kier molecular flexibility index (Phi) is 7.01. The van der Waals surface area contributed by atoms with E-state index in [0.29, 0.717) is 11.7 Å². The lowest BCUT2D eigenvalue weighted by Crippen LogP contribution is -2.39. The van der Waals surface area contributed by atoms with E-state index in [0.717, 1.165) is 0 Å². The average molecular weight is 219 g/mol. The number of carbonyl (C=O) groups excluding carboxylic acids is 1. The maximum absolute atomic E-state index is 11.4. The molecule has 3 atom stereocenters. The molecule has 0 rings (SSSR count). The second-order valence-corrected chi connectivity index (χ2v) is 5.04. The first-order valence-corrected chi connectivity index (χ1v) is 6.23. The molecule has 0 saturated carbocycles. The van der Waals surface area contributed by atoms with Gasteiger partial charge in [-0.1, -0.05) is 13.8 Å². The van der Waals surface area contributed by atoms with Crippen LogP contribution in [0.25, 0.3) is 0 Å². The molecule has 0 fully saturated rings. The number of carbonyl (C=O) groups is 1. The van der Waals surface area contributed by atoms with Crippen molar-refractivity contribution in [2.45, 2.75) is 38.5 Å². The van der Waals surface area contributed by atoms with Gasteiger partial charge in [0.1, 0.15) is 0 Å². The SMILES string of the molecule is CSC(C)CC(=O)NC(C)C(C)CO. The van der Waals surface area contributed by atoms with E-state index in [9.17, 15) is 4.79 Å². The lowest BCUT2D eigenvalue weighted by Gasteiger charge is -2.20. The Hall–Kier alpha value is -0.220. The molecule has 3 nitrogen and oxygen atoms in total. The summed E-state index contributed by atoms with van der Waals surface area (Å²) in [7, 11) is 0. The molecule has 0 aromatic rings. The van der Waals surface area contributed by atoms with Crippen LogP contribution in [0.4, 0.5) is 0 Å². The third-order valence-corrected chi connectivity index (χ3v) is 3.38. The summed E-state index contributed by atoms with van der Waals surface area (Å²) in [5, 5.41) is 12.1. The minimum Gasteiger partial charge on any atom is -0.396 e. The zero-order valence-corrected chi connectivity index (χ0v) is 10.2. The number of aliphatic hydroxyl groups is 1. The standard InChI is InChI=1S/C10H21NO2S/c1-7(6-12)9(3)11-10(13)5-8(2)14-4/h7-9,12H,5-6H2,1-4H3,(H,11,13). The van der Waals surface area contributed by atoms with Crippen LogP contribution in [0.15, 0.2) is 0 Å². The van der Waals surface area contributed by atoms with Crippen LogP contribution in [0.1, 0.15) is 27.2 Å². The van der Waals surface area contributed by atoms with Crippen LogP contribution in [0.5, 0.6) is 0 Å². The monoisotopic (exact) mass is 219 g/mol. The van der Waals surface area contributed by atoms with E-state index in [4.69, 9.17) is 5.11 Å². The van der Waals surface area contributed by atoms with E-state index in [2.05, 4.69) is 5.32 Å². The third-order valence-electron chi connectivity index (χ3n) is 2.41. The van der Waals surface area contributed by atoms with Crippen LogP contribution in [0, 0.1) is 5.92 Å². The van der Waals surface area contributed by atoms with Gasteiger partial charge in [-0.2, -0.15) is 11.8 Å². The quantitative estimate of drug-likeness (QED) is 0.707. The zero-order chi connectivity index (χ0) is 11.1. The molecule has 0 saturated heterocycles. The Labute approximate surface area is 90.7 Å². The predicted octanol–water partition coefficient (Wildman–Crippen LogP) is 1.26. The van der Waals surface area contributed by atoms with Crippen molar-refractivity contribution in [1.29, 1.82) is 0 Å². The van der Waals surface area contributed by atoms with Crippen LogP contribution in [0.3, 0.4) is 0 Å². The van der Waals surface area contributed by atoms with E-state index in [-0.39, 0.29) is 24.5 Å². The van der Waals surface area contributed by atoms with Gasteiger partial charge in [0, 0.05) is 24.3 Å². The van der Waals surface area contributed by atoms with Crippen LogP contribution >= 0.6 is 11.8 Å². The van der Waals surface area contributed by atoms with Gasteiger partial charge in [0.2, 0.25) is 5.91 Å². The van der Waals surface area contributed by atoms with Gasteiger partial charge in [0.05, 0.1) is 0 Å². The van der Waals surface area contributed by atoms with Gasteiger partial charge in [-0.3, -0.25) is 4.79 Å². The van der Waals surface area contributed by atoms with Crippen LogP contribution in [-0.4, -0.2) is 35.2 Å². The van der Waals surface area contributed by atoms with Crippen LogP contribution in [0.2, 0.25) is 0 Å². The number of nitrogens with one attached hydrogen (secondary N) is 1. The highest BCUT2D eigenvalue weighted by Gasteiger charge is 2.15. The van der Waals surface area contributed by atoms with Crippen molar-refractivity contribution in [1.82, 2.24) is 5.32 Å². The minimum atomic E-state index is 0.0431. The van der Waals surface area contributed by atoms with Gasteiger partial charge in [-0.15, -0.1) is 0 Å². The molecule has 0 aliphatic rings. The Morgan fingerprint density at radius 1 is 1.43 bits per heavy atom. The molecule has 1 amide bonds. The molecular formula is C10H21NO2S. The number of amides is 1. The molecule has 4 heteroatoms. The molecule has 14 heavy (non-hydrogen) atoms. The lowest BCUT2D eigenvalue weighted by atomic mass is 10.1. The fraction of sp³-hybridized carbons (Fsp3) is 0.900. The Balaban J connectivity index is 3.82. The molecule has 84 valence electrons. The molecule has 2 N–H and O–H groups in total. The summed E-state index contributed by atoms with van der Waals surface area (Å²) in [6, 6.07) is 0.0431. The average Bonchev–Trinajstić information content (AvgIpc) is 2.15. The number of rotatable bonds is 6. The predicted molar refractivity (Wildman–Crippen MR) is 61.4 cm³/mol. The van der Waals surface area contributed by atoms with Crippen LogP contribution < -0.4 is 5.32 Å². The molecule has 0 radical (unpaired) electrons. The summed E-state index contributed by atoms with van der Waals surface area (Å²) in [4.78, 5) is 11.4. The van der Waals surface area contributed by atoms with Crippen molar-refractivity contribution in [3.8, 4) is 0 Å². The number of thioether (sulfide) groups is 1. The zero-order valence-electron chi connectivity index (χ0n) is 9.41. The molecule has 0 aliphatic heterocycles. The first-order chi connectivity index (χ1) is 6.51. The fourth-order valence-corrected chi connectivity index (χ4v) is 1.28. The molecule has 0 spiro atoms. The largest absolute Gasteiger partial charge is 0.396 e. The fourth-order valence-electron chi connectivity index (χ4n) is 0.958. The second kappa shape index (κ2) is 7.12. The van der Waals surface area contributed by atoms with Gasteiger partial charge in [-0.25, -0.2) is 0 Å². The molecule has 0 heterocycles. The minimum absolute atomic E-state index is 0.0431. The lowest BCUT2D eigenvalue weighted by molar-refractivity contribution is -0.122. The van der Waals surface area contributed by atoms with E-state index < -0.39 is 0 Å². The highest BCUT2D eigenvalue weighted by Crippen LogP contribution is 2.09. The van der Waals surface area contributed by atoms with Gasteiger partial charge < -0.3 is 10.4 Å². The smallest absolute Gasteiger partial charge is 0.221 e. The summed E-state index contributed by atoms with van der Waals surface area (Å²) < 4.78 is 0. The topological polar surface area (TPSA) is 49.3 Å². The van der Waals surface area contributed by atoms with E-state index >= 15 is 0 Å². The van der Waals surface area contributed by atoms with Crippen molar-refractivity contribution in [3.63, 3.8) is 0 Å². The summed E-state index contributed by atoms with van der Waals surface area (Å²) >= 11 is 1.68. The number of aliphatic hydroxyl groups excluding tert-OH is 1. The highest BCUT2D eigenvalue weighted by molar-refractivity contribution is 7.99. The van der Waals surface area contributed by atoms with E-state index in [1.807, 2.05) is 27.0 Å². The van der Waals surface area contributed by atoms with Crippen molar-refractivity contribution in [2.24, 2.45) is 5.92 Å². The maximum Gasteiger partial charge on any atom is 0.221 e. The van der Waals surface area contributed by atoms with Crippen LogP contribution in [-0.2, 0) is 4.79 Å². The summed E-state index contributed by atoms with van der Waals surface area (Å²) in [5.74, 6) is 0.184. The third kappa shape index (κ3) is 5.50. The Morgan fingerprint density at radius 2 is 2.00 bits per heavy atom. The maximum atomic E-state index is 11.4. The second-order valence-electron chi connectivity index (χ2n) is 3.77. The molecular weight excluding hydrogens is 198 g/mol. The summed E-state index contributed by atoms with van der Waals surface area (Å²) in [5.41, 5.74) is 0. The van der Waals surface area contributed by atoms with E-state index in [1.54, 1.807) is 11.8 Å². The normalized spacial score (nSPS) is 17.2. The molecule has 0 aliphatic carbocycles. The molecule has 0 bridgehead atoms. The van der Waals surface area contributed by atoms with Gasteiger partial charge in [-0.05, 0) is 19.1 Å².